The fourth-order valence-corrected chi connectivity index (χ4v) is 7.18. The summed E-state index contributed by atoms with van der Waals surface area (Å²) in [6, 6.07) is -0.116. The number of aliphatic carboxylic acids is 1. The topological polar surface area (TPSA) is 177 Å². The van der Waals surface area contributed by atoms with E-state index in [0.717, 1.165) is 6.42 Å². The Morgan fingerprint density at radius 3 is 2.82 bits per heavy atom. The second-order valence-corrected chi connectivity index (χ2v) is 10.9. The van der Waals surface area contributed by atoms with Crippen molar-refractivity contribution < 1.29 is 24.6 Å². The number of rotatable bonds is 10. The number of carboxylic acid groups (broad SMARTS) is 1. The molecule has 0 aromatic carbocycles. The fraction of sp³-hybridized carbons (Fsp3) is 0.684. The van der Waals surface area contributed by atoms with E-state index in [-0.39, 0.29) is 41.3 Å². The third-order valence-electron chi connectivity index (χ3n) is 6.27. The van der Waals surface area contributed by atoms with Crippen LogP contribution in [0.1, 0.15) is 26.7 Å². The van der Waals surface area contributed by atoms with Crippen LogP contribution in [0.2, 0.25) is 0 Å². The number of fused-ring (bicyclic) bond motifs is 1. The molecule has 180 valence electrons. The van der Waals surface area contributed by atoms with Crippen molar-refractivity contribution in [3.63, 3.8) is 0 Å². The molecule has 3 aliphatic heterocycles. The highest BCUT2D eigenvalue weighted by molar-refractivity contribution is 8.03. The van der Waals surface area contributed by atoms with Crippen LogP contribution in [0.4, 0.5) is 0 Å². The van der Waals surface area contributed by atoms with Gasteiger partial charge < -0.3 is 26.2 Å². The van der Waals surface area contributed by atoms with Gasteiger partial charge in [0.2, 0.25) is 17.0 Å². The minimum absolute atomic E-state index is 0.0610. The van der Waals surface area contributed by atoms with Crippen LogP contribution < -0.4 is 11.1 Å². The minimum atomic E-state index is -1.11. The van der Waals surface area contributed by atoms with Crippen LogP contribution >= 0.6 is 23.5 Å². The first-order chi connectivity index (χ1) is 15.7. The maximum Gasteiger partial charge on any atom is 0.353 e. The number of carbonyl (C=O) groups is 3. The van der Waals surface area contributed by atoms with Gasteiger partial charge in [-0.25, -0.2) is 9.48 Å². The van der Waals surface area contributed by atoms with Crippen molar-refractivity contribution >= 4 is 41.3 Å². The second kappa shape index (κ2) is 9.60. The lowest BCUT2D eigenvalue weighted by Crippen LogP contribution is -2.63. The summed E-state index contributed by atoms with van der Waals surface area (Å²) >= 11 is 3.00. The van der Waals surface area contributed by atoms with Gasteiger partial charge in [0.05, 0.1) is 24.6 Å². The van der Waals surface area contributed by atoms with Gasteiger partial charge in [-0.05, 0) is 23.8 Å². The summed E-state index contributed by atoms with van der Waals surface area (Å²) in [5.74, 6) is -1.82. The number of primary amides is 1. The zero-order chi connectivity index (χ0) is 23.9. The number of aryl methyl sites for hydroxylation is 1. The van der Waals surface area contributed by atoms with E-state index in [9.17, 15) is 24.6 Å². The van der Waals surface area contributed by atoms with Crippen molar-refractivity contribution in [3.05, 3.63) is 10.6 Å². The number of thioether (sulfide) groups is 2. The predicted molar refractivity (Wildman–Crippen MR) is 120 cm³/mol. The highest BCUT2D eigenvalue weighted by Gasteiger charge is 2.60. The van der Waals surface area contributed by atoms with Gasteiger partial charge in [0.1, 0.15) is 5.70 Å². The summed E-state index contributed by atoms with van der Waals surface area (Å²) in [5.41, 5.74) is 5.25. The average Bonchev–Trinajstić information content (AvgIpc) is 3.43. The van der Waals surface area contributed by atoms with E-state index in [1.54, 1.807) is 11.6 Å². The predicted octanol–water partition coefficient (Wildman–Crippen LogP) is -0.742. The van der Waals surface area contributed by atoms with E-state index in [4.69, 9.17) is 5.73 Å². The number of β-lactam (4-membered cyclic amide) rings is 1. The molecule has 4 heterocycles. The van der Waals surface area contributed by atoms with E-state index in [1.165, 1.54) is 28.4 Å². The molecular weight excluding hydrogens is 470 g/mol. The summed E-state index contributed by atoms with van der Waals surface area (Å²) in [6.07, 6.45) is 0.172. The van der Waals surface area contributed by atoms with E-state index in [1.807, 2.05) is 6.92 Å². The van der Waals surface area contributed by atoms with Gasteiger partial charge in [-0.15, -0.1) is 16.9 Å². The van der Waals surface area contributed by atoms with Gasteiger partial charge in [-0.1, -0.05) is 18.7 Å². The van der Waals surface area contributed by atoms with Crippen LogP contribution in [0.15, 0.2) is 15.8 Å². The number of aliphatic hydroxyl groups excluding tert-OH is 1. The molecule has 0 aliphatic carbocycles. The Morgan fingerprint density at radius 2 is 2.15 bits per heavy atom. The van der Waals surface area contributed by atoms with Crippen LogP contribution in [0, 0.1) is 11.8 Å². The number of carbonyl (C=O) groups excluding carboxylic acids is 2. The van der Waals surface area contributed by atoms with Gasteiger partial charge in [0.15, 0.2) is 0 Å². The van der Waals surface area contributed by atoms with E-state index in [2.05, 4.69) is 20.8 Å². The monoisotopic (exact) mass is 497 g/mol. The normalized spacial score (nSPS) is 29.8. The first-order valence-corrected chi connectivity index (χ1v) is 12.6. The first-order valence-electron chi connectivity index (χ1n) is 10.7. The van der Waals surface area contributed by atoms with Crippen molar-refractivity contribution in [2.24, 2.45) is 17.6 Å². The highest BCUT2D eigenvalue weighted by Crippen LogP contribution is 2.51. The third-order valence-corrected chi connectivity index (χ3v) is 8.90. The zero-order valence-electron chi connectivity index (χ0n) is 18.2. The highest BCUT2D eigenvalue weighted by atomic mass is 32.2. The van der Waals surface area contributed by atoms with Crippen LogP contribution in [-0.4, -0.2) is 88.8 Å². The zero-order valence-corrected chi connectivity index (χ0v) is 19.9. The van der Waals surface area contributed by atoms with Gasteiger partial charge in [0, 0.05) is 40.8 Å². The van der Waals surface area contributed by atoms with Gasteiger partial charge in [0.25, 0.3) is 0 Å². The maximum atomic E-state index is 12.5. The van der Waals surface area contributed by atoms with Crippen molar-refractivity contribution in [3.8, 4) is 0 Å². The van der Waals surface area contributed by atoms with Crippen LogP contribution in [0.3, 0.4) is 0 Å². The molecule has 3 aliphatic rings. The number of tetrazole rings is 1. The number of hydrogen-bond donors (Lipinski definition) is 4. The Kier molecular flexibility index (Phi) is 6.98. The smallest absolute Gasteiger partial charge is 0.353 e. The Labute approximate surface area is 198 Å². The van der Waals surface area contributed by atoms with Gasteiger partial charge in [-0.3, -0.25) is 9.59 Å². The molecule has 14 heteroatoms. The molecule has 4 rings (SSSR count). The lowest BCUT2D eigenvalue weighted by Gasteiger charge is -2.46. The van der Waals surface area contributed by atoms with E-state index in [0.29, 0.717) is 28.9 Å². The number of aliphatic hydroxyl groups is 1. The summed E-state index contributed by atoms with van der Waals surface area (Å²) < 4.78 is 1.56. The van der Waals surface area contributed by atoms with E-state index >= 15 is 0 Å². The molecule has 5 N–H and O–H groups in total. The number of nitrogens with two attached hydrogens (primary N) is 1. The standard InChI is InChI=1S/C19H27N7O5S2/c1-8-14-13(9(2)27)17(29)26(14)15(18(30)31)16(8)33-11-5-10(21-6-11)7-32-19-22-23-24-25(19)4-3-12(20)28/h8-11,13-14,21,27H,3-7H2,1-2H3,(H2,20,28)(H,30,31)/t8-,9-,10+,11+,13-,14-/m1/s1. The number of nitrogens with zero attached hydrogens (tertiary/aromatic N) is 5. The van der Waals surface area contributed by atoms with Gasteiger partial charge >= 0.3 is 5.97 Å². The third kappa shape index (κ3) is 4.61. The number of hydrogen-bond acceptors (Lipinski definition) is 10. The van der Waals surface area contributed by atoms with Crippen LogP contribution in [0.5, 0.6) is 0 Å². The number of carboxylic acids is 1. The summed E-state index contributed by atoms with van der Waals surface area (Å²) in [4.78, 5) is 37.5. The molecule has 2 saturated heterocycles. The molecule has 12 nitrogen and oxygen atoms in total. The molecule has 0 bridgehead atoms. The molecule has 1 aromatic rings. The van der Waals surface area contributed by atoms with Crippen molar-refractivity contribution in [2.45, 2.75) is 61.8 Å². The molecule has 2 fully saturated rings. The van der Waals surface area contributed by atoms with Gasteiger partial charge in [-0.2, -0.15) is 0 Å². The Morgan fingerprint density at radius 1 is 1.39 bits per heavy atom. The quantitative estimate of drug-likeness (QED) is 0.236. The number of amides is 2. The molecule has 33 heavy (non-hydrogen) atoms. The van der Waals surface area contributed by atoms with Crippen LogP contribution in [-0.2, 0) is 20.9 Å². The number of nitrogens with one attached hydrogen (secondary N) is 1. The SMILES string of the molecule is C[C@@H](O)[C@H]1C(=O)N2C(C(=O)O)=C(S[C@@H]3CN[C@H](CSc4nnnn4CCC(N)=O)C3)[C@H](C)[C@H]12. The molecule has 0 saturated carbocycles. The Balaban J connectivity index is 1.36. The Bertz CT molecular complexity index is 983. The maximum absolute atomic E-state index is 12.5. The summed E-state index contributed by atoms with van der Waals surface area (Å²) in [5, 5.41) is 35.5. The lowest BCUT2D eigenvalue weighted by atomic mass is 9.79. The minimum Gasteiger partial charge on any atom is -0.477 e. The molecule has 0 radical (unpaired) electrons. The van der Waals surface area contributed by atoms with Crippen molar-refractivity contribution in [2.75, 3.05) is 12.3 Å². The summed E-state index contributed by atoms with van der Waals surface area (Å²) in [6.45, 7) is 4.55. The molecular formula is C19H27N7O5S2. The average molecular weight is 498 g/mol. The second-order valence-electron chi connectivity index (χ2n) is 8.56. The van der Waals surface area contributed by atoms with E-state index < -0.39 is 23.9 Å². The fourth-order valence-electron chi connectivity index (χ4n) is 4.69. The molecule has 2 amide bonds. The van der Waals surface area contributed by atoms with Crippen LogP contribution in [0.25, 0.3) is 0 Å². The molecule has 6 atom stereocenters. The Hall–Kier alpha value is -2.16. The molecule has 0 spiro atoms. The first kappa shape index (κ1) is 24.0. The number of aromatic nitrogens is 4. The molecule has 0 unspecified atom stereocenters. The van der Waals surface area contributed by atoms with Crippen molar-refractivity contribution in [1.82, 2.24) is 30.4 Å². The summed E-state index contributed by atoms with van der Waals surface area (Å²) in [7, 11) is 0. The lowest BCUT2D eigenvalue weighted by molar-refractivity contribution is -0.163. The molecule has 1 aromatic heterocycles. The van der Waals surface area contributed by atoms with Crippen molar-refractivity contribution in [1.29, 1.82) is 0 Å². The largest absolute Gasteiger partial charge is 0.477 e.